The standard InChI is InChI=1S/C16H35N/c1-7-15(12-13-16(2,3)4)11-9-8-10-14-17(5)6/h15H,7-14H2,1-6H3/t15-/m1/s1. The minimum absolute atomic E-state index is 0.512. The molecule has 0 saturated carbocycles. The molecule has 1 heteroatoms. The zero-order chi connectivity index (χ0) is 13.3. The molecule has 0 aromatic rings. The lowest BCUT2D eigenvalue weighted by Crippen LogP contribution is -2.13. The molecule has 0 unspecified atom stereocenters. The maximum absolute atomic E-state index is 2.36. The Morgan fingerprint density at radius 2 is 1.59 bits per heavy atom. The Morgan fingerprint density at radius 3 is 2.06 bits per heavy atom. The number of unbranched alkanes of at least 4 members (excludes halogenated alkanes) is 2. The van der Waals surface area contributed by atoms with Gasteiger partial charge in [-0.1, -0.05) is 53.4 Å². The molecule has 0 aromatic heterocycles. The number of rotatable bonds is 9. The minimum atomic E-state index is 0.512. The summed E-state index contributed by atoms with van der Waals surface area (Å²) in [5.74, 6) is 0.966. The van der Waals surface area contributed by atoms with E-state index in [1.54, 1.807) is 0 Å². The first-order chi connectivity index (χ1) is 7.85. The summed E-state index contributed by atoms with van der Waals surface area (Å²) >= 11 is 0. The fourth-order valence-corrected chi connectivity index (χ4v) is 2.23. The highest BCUT2D eigenvalue weighted by atomic mass is 15.0. The normalized spacial score (nSPS) is 14.3. The van der Waals surface area contributed by atoms with Crippen molar-refractivity contribution in [3.05, 3.63) is 0 Å². The van der Waals surface area contributed by atoms with E-state index in [2.05, 4.69) is 46.7 Å². The highest BCUT2D eigenvalue weighted by molar-refractivity contribution is 4.66. The van der Waals surface area contributed by atoms with Crippen LogP contribution >= 0.6 is 0 Å². The van der Waals surface area contributed by atoms with Gasteiger partial charge in [0.2, 0.25) is 0 Å². The molecule has 104 valence electrons. The van der Waals surface area contributed by atoms with Crippen LogP contribution in [0.4, 0.5) is 0 Å². The van der Waals surface area contributed by atoms with Crippen LogP contribution in [0, 0.1) is 11.3 Å². The summed E-state index contributed by atoms with van der Waals surface area (Å²) < 4.78 is 0. The molecule has 0 bridgehead atoms. The van der Waals surface area contributed by atoms with E-state index >= 15 is 0 Å². The third-order valence-corrected chi connectivity index (χ3v) is 3.60. The summed E-state index contributed by atoms with van der Waals surface area (Å²) in [6, 6.07) is 0. The van der Waals surface area contributed by atoms with Crippen LogP contribution in [0.5, 0.6) is 0 Å². The maximum Gasteiger partial charge on any atom is -0.00248 e. The highest BCUT2D eigenvalue weighted by Crippen LogP contribution is 2.27. The lowest BCUT2D eigenvalue weighted by molar-refractivity contribution is 0.301. The van der Waals surface area contributed by atoms with E-state index in [1.165, 1.54) is 51.5 Å². The van der Waals surface area contributed by atoms with Gasteiger partial charge in [-0.25, -0.2) is 0 Å². The second-order valence-corrected chi connectivity index (χ2v) is 7.03. The molecule has 0 aromatic carbocycles. The van der Waals surface area contributed by atoms with Crippen molar-refractivity contribution >= 4 is 0 Å². The van der Waals surface area contributed by atoms with Crippen molar-refractivity contribution < 1.29 is 0 Å². The molecule has 0 amide bonds. The van der Waals surface area contributed by atoms with Crippen LogP contribution in [0.2, 0.25) is 0 Å². The Morgan fingerprint density at radius 1 is 0.941 bits per heavy atom. The number of hydrogen-bond acceptors (Lipinski definition) is 1. The lowest BCUT2D eigenvalue weighted by atomic mass is 9.84. The molecule has 0 N–H and O–H groups in total. The van der Waals surface area contributed by atoms with Crippen molar-refractivity contribution in [3.8, 4) is 0 Å². The van der Waals surface area contributed by atoms with Crippen LogP contribution in [-0.4, -0.2) is 25.5 Å². The van der Waals surface area contributed by atoms with Crippen LogP contribution in [0.25, 0.3) is 0 Å². The summed E-state index contributed by atoms with van der Waals surface area (Å²) in [4.78, 5) is 2.29. The third kappa shape index (κ3) is 12.2. The molecule has 0 rings (SSSR count). The molecule has 0 heterocycles. The van der Waals surface area contributed by atoms with Crippen LogP contribution in [0.1, 0.15) is 72.6 Å². The summed E-state index contributed by atoms with van der Waals surface area (Å²) in [7, 11) is 4.33. The van der Waals surface area contributed by atoms with E-state index in [-0.39, 0.29) is 0 Å². The van der Waals surface area contributed by atoms with E-state index in [0.29, 0.717) is 5.41 Å². The van der Waals surface area contributed by atoms with E-state index in [4.69, 9.17) is 0 Å². The Kier molecular flexibility index (Phi) is 8.94. The van der Waals surface area contributed by atoms with E-state index in [9.17, 15) is 0 Å². The van der Waals surface area contributed by atoms with Crippen LogP contribution in [0.3, 0.4) is 0 Å². The van der Waals surface area contributed by atoms with Gasteiger partial charge < -0.3 is 4.90 Å². The molecule has 0 saturated heterocycles. The maximum atomic E-state index is 2.36. The van der Waals surface area contributed by atoms with E-state index in [1.807, 2.05) is 0 Å². The van der Waals surface area contributed by atoms with Crippen molar-refractivity contribution in [2.75, 3.05) is 20.6 Å². The summed E-state index contributed by atoms with van der Waals surface area (Å²) in [6.45, 7) is 10.7. The van der Waals surface area contributed by atoms with Gasteiger partial charge in [0.1, 0.15) is 0 Å². The molecule has 0 fully saturated rings. The summed E-state index contributed by atoms with van der Waals surface area (Å²) in [5, 5.41) is 0. The first-order valence-electron chi connectivity index (χ1n) is 7.50. The van der Waals surface area contributed by atoms with Crippen molar-refractivity contribution in [2.45, 2.75) is 72.6 Å². The average Bonchev–Trinajstić information content (AvgIpc) is 2.20. The lowest BCUT2D eigenvalue weighted by Gasteiger charge is -2.22. The minimum Gasteiger partial charge on any atom is -0.309 e. The molecule has 17 heavy (non-hydrogen) atoms. The Labute approximate surface area is 110 Å². The molecule has 1 nitrogen and oxygen atoms in total. The van der Waals surface area contributed by atoms with Gasteiger partial charge in [-0.2, -0.15) is 0 Å². The van der Waals surface area contributed by atoms with Crippen LogP contribution in [-0.2, 0) is 0 Å². The fraction of sp³-hybridized carbons (Fsp3) is 1.00. The molecule has 0 aliphatic carbocycles. The zero-order valence-electron chi connectivity index (χ0n) is 13.2. The van der Waals surface area contributed by atoms with E-state index < -0.39 is 0 Å². The first-order valence-corrected chi connectivity index (χ1v) is 7.50. The van der Waals surface area contributed by atoms with Gasteiger partial charge in [0.05, 0.1) is 0 Å². The first kappa shape index (κ1) is 17.0. The summed E-state index contributed by atoms with van der Waals surface area (Å²) in [5.41, 5.74) is 0.512. The van der Waals surface area contributed by atoms with Gasteiger partial charge in [0.25, 0.3) is 0 Å². The Hall–Kier alpha value is -0.0400. The molecule has 0 spiro atoms. The largest absolute Gasteiger partial charge is 0.309 e. The van der Waals surface area contributed by atoms with Crippen molar-refractivity contribution in [2.24, 2.45) is 11.3 Å². The monoisotopic (exact) mass is 241 g/mol. The van der Waals surface area contributed by atoms with Gasteiger partial charge in [0.15, 0.2) is 0 Å². The Bertz CT molecular complexity index is 167. The van der Waals surface area contributed by atoms with Gasteiger partial charge in [0, 0.05) is 0 Å². The second-order valence-electron chi connectivity index (χ2n) is 7.03. The smallest absolute Gasteiger partial charge is 0.00248 e. The van der Waals surface area contributed by atoms with Crippen molar-refractivity contribution in [1.82, 2.24) is 4.90 Å². The van der Waals surface area contributed by atoms with Gasteiger partial charge in [-0.15, -0.1) is 0 Å². The molecule has 0 aliphatic rings. The van der Waals surface area contributed by atoms with Crippen LogP contribution < -0.4 is 0 Å². The number of hydrogen-bond donors (Lipinski definition) is 0. The summed E-state index contributed by atoms with van der Waals surface area (Å²) in [6.07, 6.45) is 9.81. The average molecular weight is 241 g/mol. The molecular formula is C16H35N. The van der Waals surface area contributed by atoms with Gasteiger partial charge in [-0.05, 0) is 51.2 Å². The SMILES string of the molecule is CC[C@H](CCCCCN(C)C)CCC(C)(C)C. The second kappa shape index (κ2) is 8.97. The van der Waals surface area contributed by atoms with Gasteiger partial charge in [-0.3, -0.25) is 0 Å². The molecule has 0 radical (unpaired) electrons. The molecule has 0 aliphatic heterocycles. The number of nitrogens with zero attached hydrogens (tertiary/aromatic N) is 1. The van der Waals surface area contributed by atoms with Crippen molar-refractivity contribution in [1.29, 1.82) is 0 Å². The predicted molar refractivity (Wildman–Crippen MR) is 79.5 cm³/mol. The van der Waals surface area contributed by atoms with Crippen LogP contribution in [0.15, 0.2) is 0 Å². The fourth-order valence-electron chi connectivity index (χ4n) is 2.23. The zero-order valence-corrected chi connectivity index (χ0v) is 13.2. The third-order valence-electron chi connectivity index (χ3n) is 3.60. The topological polar surface area (TPSA) is 3.24 Å². The van der Waals surface area contributed by atoms with Crippen molar-refractivity contribution in [3.63, 3.8) is 0 Å². The Balaban J connectivity index is 3.55. The predicted octanol–water partition coefficient (Wildman–Crippen LogP) is 4.96. The highest BCUT2D eigenvalue weighted by Gasteiger charge is 2.13. The van der Waals surface area contributed by atoms with E-state index in [0.717, 1.165) is 5.92 Å². The van der Waals surface area contributed by atoms with Gasteiger partial charge >= 0.3 is 0 Å². The molecule has 1 atom stereocenters. The quantitative estimate of drug-likeness (QED) is 0.516. The molecular weight excluding hydrogens is 206 g/mol.